The second-order valence-electron chi connectivity index (χ2n) is 4.80. The lowest BCUT2D eigenvalue weighted by molar-refractivity contribution is -0.116. The number of hydrogen-bond acceptors (Lipinski definition) is 3. The summed E-state index contributed by atoms with van der Waals surface area (Å²) in [5.41, 5.74) is 1.65. The third-order valence-corrected chi connectivity index (χ3v) is 3.89. The third-order valence-electron chi connectivity index (χ3n) is 3.16. The van der Waals surface area contributed by atoms with Crippen molar-refractivity contribution in [2.24, 2.45) is 0 Å². The summed E-state index contributed by atoms with van der Waals surface area (Å²) in [5, 5.41) is 2.75. The van der Waals surface area contributed by atoms with E-state index in [9.17, 15) is 13.6 Å². The Bertz CT molecular complexity index is 630. The average molecular weight is 337 g/mol. The maximum absolute atomic E-state index is 12.2. The van der Waals surface area contributed by atoms with Crippen molar-refractivity contribution in [3.05, 3.63) is 54.1 Å². The minimum absolute atomic E-state index is 0.116. The van der Waals surface area contributed by atoms with Crippen molar-refractivity contribution in [1.82, 2.24) is 0 Å². The molecule has 0 saturated carbocycles. The summed E-state index contributed by atoms with van der Waals surface area (Å²) in [6, 6.07) is 13.9. The van der Waals surface area contributed by atoms with E-state index in [1.807, 2.05) is 24.3 Å². The van der Waals surface area contributed by atoms with Gasteiger partial charge in [-0.15, -0.1) is 0 Å². The maximum atomic E-state index is 12.2. The summed E-state index contributed by atoms with van der Waals surface area (Å²) in [7, 11) is 1.60. The highest BCUT2D eigenvalue weighted by atomic mass is 32.2. The molecule has 23 heavy (non-hydrogen) atoms. The number of amides is 1. The van der Waals surface area contributed by atoms with Crippen LogP contribution in [-0.2, 0) is 11.2 Å². The van der Waals surface area contributed by atoms with E-state index in [0.717, 1.165) is 11.3 Å². The summed E-state index contributed by atoms with van der Waals surface area (Å²) < 4.78 is 29.5. The van der Waals surface area contributed by atoms with Crippen LogP contribution in [0.25, 0.3) is 0 Å². The van der Waals surface area contributed by atoms with Gasteiger partial charge in [0.15, 0.2) is 0 Å². The topological polar surface area (TPSA) is 38.3 Å². The van der Waals surface area contributed by atoms with Gasteiger partial charge in [0.1, 0.15) is 5.75 Å². The van der Waals surface area contributed by atoms with Crippen LogP contribution in [0.15, 0.2) is 53.4 Å². The lowest BCUT2D eigenvalue weighted by atomic mass is 10.1. The molecule has 0 atom stereocenters. The largest absolute Gasteiger partial charge is 0.497 e. The Morgan fingerprint density at radius 3 is 2.35 bits per heavy atom. The highest BCUT2D eigenvalue weighted by molar-refractivity contribution is 7.99. The van der Waals surface area contributed by atoms with Gasteiger partial charge in [-0.2, -0.15) is 8.78 Å². The van der Waals surface area contributed by atoms with E-state index in [2.05, 4.69) is 5.32 Å². The number of carbonyl (C=O) groups is 1. The lowest BCUT2D eigenvalue weighted by Gasteiger charge is -2.07. The molecule has 1 N–H and O–H groups in total. The van der Waals surface area contributed by atoms with Crippen LogP contribution in [0.1, 0.15) is 12.0 Å². The smallest absolute Gasteiger partial charge is 0.288 e. The molecule has 0 unspecified atom stereocenters. The SMILES string of the molecule is COc1ccc(CCC(=O)Nc2ccc(SC(F)F)cc2)cc1. The van der Waals surface area contributed by atoms with E-state index in [0.29, 0.717) is 35.2 Å². The molecule has 0 aliphatic carbocycles. The molecule has 0 aliphatic rings. The second-order valence-corrected chi connectivity index (χ2v) is 5.86. The summed E-state index contributed by atoms with van der Waals surface area (Å²) in [6.45, 7) is 0. The van der Waals surface area contributed by atoms with Crippen molar-refractivity contribution in [3.8, 4) is 5.75 Å². The number of anilines is 1. The van der Waals surface area contributed by atoms with Crippen LogP contribution in [0.5, 0.6) is 5.75 Å². The number of nitrogens with one attached hydrogen (secondary N) is 1. The summed E-state index contributed by atoms with van der Waals surface area (Å²) in [6.07, 6.45) is 0.967. The first-order chi connectivity index (χ1) is 11.1. The maximum Gasteiger partial charge on any atom is 0.288 e. The second kappa shape index (κ2) is 8.53. The molecule has 0 spiro atoms. The van der Waals surface area contributed by atoms with Crippen LogP contribution in [0.3, 0.4) is 0 Å². The normalized spacial score (nSPS) is 10.6. The molecule has 2 aromatic rings. The Hall–Kier alpha value is -2.08. The predicted octanol–water partition coefficient (Wildman–Crippen LogP) is 4.58. The Labute approximate surface area is 138 Å². The van der Waals surface area contributed by atoms with Crippen molar-refractivity contribution in [2.45, 2.75) is 23.5 Å². The average Bonchev–Trinajstić information content (AvgIpc) is 2.55. The molecule has 1 amide bonds. The van der Waals surface area contributed by atoms with Crippen LogP contribution in [0, 0.1) is 0 Å². The Morgan fingerprint density at radius 2 is 1.78 bits per heavy atom. The Balaban J connectivity index is 1.81. The van der Waals surface area contributed by atoms with Crippen molar-refractivity contribution >= 4 is 23.4 Å². The van der Waals surface area contributed by atoms with Gasteiger partial charge in [0.2, 0.25) is 5.91 Å². The zero-order valence-corrected chi connectivity index (χ0v) is 13.4. The van der Waals surface area contributed by atoms with Gasteiger partial charge in [0.25, 0.3) is 5.76 Å². The number of methoxy groups -OCH3 is 1. The fourth-order valence-electron chi connectivity index (χ4n) is 1.99. The van der Waals surface area contributed by atoms with Crippen LogP contribution < -0.4 is 10.1 Å². The zero-order chi connectivity index (χ0) is 16.7. The summed E-state index contributed by atoms with van der Waals surface area (Å²) in [5.74, 6) is -1.78. The van der Waals surface area contributed by atoms with Crippen molar-refractivity contribution in [1.29, 1.82) is 0 Å². The quantitative estimate of drug-likeness (QED) is 0.752. The molecule has 0 aromatic heterocycles. The van der Waals surface area contributed by atoms with Crippen LogP contribution in [-0.4, -0.2) is 18.8 Å². The van der Waals surface area contributed by atoms with Gasteiger partial charge in [0.05, 0.1) is 7.11 Å². The van der Waals surface area contributed by atoms with E-state index in [1.165, 1.54) is 0 Å². The van der Waals surface area contributed by atoms with Gasteiger partial charge in [-0.25, -0.2) is 0 Å². The molecule has 0 heterocycles. The molecular formula is C17H17F2NO2S. The first-order valence-corrected chi connectivity index (χ1v) is 7.92. The molecule has 0 aliphatic heterocycles. The molecule has 6 heteroatoms. The van der Waals surface area contributed by atoms with E-state index in [-0.39, 0.29) is 5.91 Å². The monoisotopic (exact) mass is 337 g/mol. The molecule has 2 aromatic carbocycles. The van der Waals surface area contributed by atoms with Crippen molar-refractivity contribution in [3.63, 3.8) is 0 Å². The molecule has 0 bridgehead atoms. The van der Waals surface area contributed by atoms with E-state index in [1.54, 1.807) is 31.4 Å². The van der Waals surface area contributed by atoms with Gasteiger partial charge in [-0.3, -0.25) is 4.79 Å². The number of aryl methyl sites for hydroxylation is 1. The van der Waals surface area contributed by atoms with Crippen LogP contribution in [0.2, 0.25) is 0 Å². The van der Waals surface area contributed by atoms with Gasteiger partial charge in [-0.1, -0.05) is 23.9 Å². The standard InChI is InChI=1S/C17H17F2NO2S/c1-22-14-7-2-12(3-8-14)4-11-16(21)20-13-5-9-15(10-6-13)23-17(18)19/h2-3,5-10,17H,4,11H2,1H3,(H,20,21). The number of thioether (sulfide) groups is 1. The van der Waals surface area contributed by atoms with E-state index >= 15 is 0 Å². The number of rotatable bonds is 7. The molecule has 122 valence electrons. The number of carbonyl (C=O) groups excluding carboxylic acids is 1. The van der Waals surface area contributed by atoms with Gasteiger partial charge in [-0.05, 0) is 48.4 Å². The minimum atomic E-state index is -2.44. The fourth-order valence-corrected chi connectivity index (χ4v) is 2.49. The highest BCUT2D eigenvalue weighted by Crippen LogP contribution is 2.26. The highest BCUT2D eigenvalue weighted by Gasteiger charge is 2.06. The van der Waals surface area contributed by atoms with Crippen molar-refractivity contribution < 1.29 is 18.3 Å². The lowest BCUT2D eigenvalue weighted by Crippen LogP contribution is -2.12. The molecule has 2 rings (SSSR count). The third kappa shape index (κ3) is 5.90. The fraction of sp³-hybridized carbons (Fsp3) is 0.235. The number of alkyl halides is 2. The predicted molar refractivity (Wildman–Crippen MR) is 88.2 cm³/mol. The number of ether oxygens (including phenoxy) is 1. The number of benzene rings is 2. The first-order valence-electron chi connectivity index (χ1n) is 7.04. The number of halogens is 2. The number of hydrogen-bond donors (Lipinski definition) is 1. The van der Waals surface area contributed by atoms with Crippen molar-refractivity contribution in [2.75, 3.05) is 12.4 Å². The van der Waals surface area contributed by atoms with Gasteiger partial charge < -0.3 is 10.1 Å². The van der Waals surface area contributed by atoms with E-state index < -0.39 is 5.76 Å². The molecule has 0 fully saturated rings. The zero-order valence-electron chi connectivity index (χ0n) is 12.6. The first kappa shape index (κ1) is 17.3. The van der Waals surface area contributed by atoms with Gasteiger partial charge >= 0.3 is 0 Å². The van der Waals surface area contributed by atoms with Crippen LogP contribution >= 0.6 is 11.8 Å². The molecule has 3 nitrogen and oxygen atoms in total. The Morgan fingerprint density at radius 1 is 1.13 bits per heavy atom. The molecule has 0 radical (unpaired) electrons. The van der Waals surface area contributed by atoms with Gasteiger partial charge in [0, 0.05) is 17.0 Å². The summed E-state index contributed by atoms with van der Waals surface area (Å²) in [4.78, 5) is 12.4. The van der Waals surface area contributed by atoms with Crippen LogP contribution in [0.4, 0.5) is 14.5 Å². The van der Waals surface area contributed by atoms with E-state index in [4.69, 9.17) is 4.74 Å². The minimum Gasteiger partial charge on any atom is -0.497 e. The molecular weight excluding hydrogens is 320 g/mol. The Kier molecular flexibility index (Phi) is 6.40. The molecule has 0 saturated heterocycles. The summed E-state index contributed by atoms with van der Waals surface area (Å²) >= 11 is 0.480.